The lowest BCUT2D eigenvalue weighted by atomic mass is 9.91. The van der Waals surface area contributed by atoms with E-state index >= 15 is 0 Å². The van der Waals surface area contributed by atoms with Gasteiger partial charge in [-0.15, -0.1) is 11.6 Å². The molecule has 162 valence electrons. The van der Waals surface area contributed by atoms with Gasteiger partial charge in [-0.25, -0.2) is 9.82 Å². The van der Waals surface area contributed by atoms with E-state index in [1.165, 1.54) is 17.3 Å². The summed E-state index contributed by atoms with van der Waals surface area (Å²) in [6.07, 6.45) is 2.04. The highest BCUT2D eigenvalue weighted by molar-refractivity contribution is 6.37. The van der Waals surface area contributed by atoms with Gasteiger partial charge in [0.05, 0.1) is 27.6 Å². The maximum Gasteiger partial charge on any atom is 0.416 e. The summed E-state index contributed by atoms with van der Waals surface area (Å²) in [4.78, 5) is 11.8. The second-order valence-electron chi connectivity index (χ2n) is 7.50. The minimum atomic E-state index is -4.69. The van der Waals surface area contributed by atoms with E-state index in [4.69, 9.17) is 23.2 Å². The van der Waals surface area contributed by atoms with E-state index in [1.54, 1.807) is 26.0 Å². The van der Waals surface area contributed by atoms with Crippen LogP contribution in [0, 0.1) is 5.82 Å². The molecule has 1 heterocycles. The molecule has 2 N–H and O–H groups in total. The highest BCUT2D eigenvalue weighted by atomic mass is 35.5. The minimum absolute atomic E-state index is 0.191. The van der Waals surface area contributed by atoms with E-state index in [9.17, 15) is 22.4 Å². The smallest absolute Gasteiger partial charge is 0.329 e. The van der Waals surface area contributed by atoms with Crippen LogP contribution in [0.5, 0.6) is 0 Å². The van der Waals surface area contributed by atoms with E-state index in [-0.39, 0.29) is 10.6 Å². The highest BCUT2D eigenvalue weighted by Crippen LogP contribution is 2.37. The van der Waals surface area contributed by atoms with Crippen molar-refractivity contribution in [1.82, 2.24) is 15.8 Å². The summed E-state index contributed by atoms with van der Waals surface area (Å²) in [6, 6.07) is 2.81. The van der Waals surface area contributed by atoms with Crippen LogP contribution in [0.15, 0.2) is 53.2 Å². The monoisotopic (exact) mass is 463 g/mol. The molecule has 2 unspecified atom stereocenters. The summed E-state index contributed by atoms with van der Waals surface area (Å²) in [5.74, 6) is -1.49. The lowest BCUT2D eigenvalue weighted by Gasteiger charge is -2.32. The fourth-order valence-corrected chi connectivity index (χ4v) is 4.10. The van der Waals surface area contributed by atoms with Gasteiger partial charge in [-0.05, 0) is 44.6 Å². The Morgan fingerprint density at radius 3 is 2.67 bits per heavy atom. The predicted molar refractivity (Wildman–Crippen MR) is 107 cm³/mol. The Kier molecular flexibility index (Phi) is 5.97. The average Bonchev–Trinajstić information content (AvgIpc) is 2.95. The molecule has 0 spiro atoms. The second-order valence-corrected chi connectivity index (χ2v) is 8.74. The van der Waals surface area contributed by atoms with Crippen LogP contribution < -0.4 is 10.7 Å². The Balaban J connectivity index is 1.76. The summed E-state index contributed by atoms with van der Waals surface area (Å²) in [5, 5.41) is 4.21. The Labute approximate surface area is 181 Å². The third kappa shape index (κ3) is 4.66. The number of benzene rings is 1. The minimum Gasteiger partial charge on any atom is -0.329 e. The molecule has 1 aliphatic carbocycles. The molecule has 30 heavy (non-hydrogen) atoms. The Hall–Kier alpha value is -2.03. The molecular weight excluding hydrogens is 445 g/mol. The van der Waals surface area contributed by atoms with Crippen LogP contribution in [0.2, 0.25) is 0 Å². The van der Waals surface area contributed by atoms with Gasteiger partial charge in [0.15, 0.2) is 0 Å². The van der Waals surface area contributed by atoms with Gasteiger partial charge < -0.3 is 10.3 Å². The van der Waals surface area contributed by atoms with Crippen molar-refractivity contribution < 1.29 is 22.4 Å². The van der Waals surface area contributed by atoms with Crippen molar-refractivity contribution in [1.29, 1.82) is 0 Å². The molecule has 0 fully saturated rings. The molecule has 3 rings (SSSR count). The number of rotatable bonds is 4. The van der Waals surface area contributed by atoms with E-state index in [2.05, 4.69) is 10.7 Å². The molecule has 0 saturated carbocycles. The molecular formula is C20H19Cl2F4N3O. The van der Waals surface area contributed by atoms with Gasteiger partial charge in [0.1, 0.15) is 11.5 Å². The molecule has 1 amide bonds. The van der Waals surface area contributed by atoms with Crippen LogP contribution in [0.1, 0.15) is 31.4 Å². The number of halogens is 6. The number of nitrogens with zero attached hydrogens (tertiary/aromatic N) is 1. The third-order valence-electron chi connectivity index (χ3n) is 4.84. The maximum atomic E-state index is 14.1. The molecule has 1 aliphatic heterocycles. The number of hydrogen-bond donors (Lipinski definition) is 2. The zero-order valence-electron chi connectivity index (χ0n) is 16.1. The van der Waals surface area contributed by atoms with Gasteiger partial charge in [-0.3, -0.25) is 4.79 Å². The number of carbonyl (C=O) groups excluding carboxylic acids is 1. The lowest BCUT2D eigenvalue weighted by molar-refractivity contribution is -0.138. The van der Waals surface area contributed by atoms with E-state index in [1.807, 2.05) is 0 Å². The fourth-order valence-electron chi connectivity index (χ4n) is 3.39. The number of allylic oxidation sites excluding steroid dienone is 3. The van der Waals surface area contributed by atoms with Crippen molar-refractivity contribution in [2.75, 3.05) is 0 Å². The van der Waals surface area contributed by atoms with Crippen LogP contribution in [-0.4, -0.2) is 21.5 Å². The van der Waals surface area contributed by atoms with E-state index < -0.39 is 46.1 Å². The SMILES string of the molecule is CC1(NC(=O)C2=C(Cl)C=CCC2(C)Cl)C=CN(Cc2c(F)cccc2C(F)(F)F)N1. The molecule has 0 bridgehead atoms. The average molecular weight is 464 g/mol. The molecule has 4 nitrogen and oxygen atoms in total. The molecule has 2 atom stereocenters. The highest BCUT2D eigenvalue weighted by Gasteiger charge is 2.39. The molecule has 1 aromatic rings. The van der Waals surface area contributed by atoms with Crippen molar-refractivity contribution in [3.63, 3.8) is 0 Å². The number of hydrazine groups is 1. The number of hydrogen-bond acceptors (Lipinski definition) is 3. The van der Waals surface area contributed by atoms with Gasteiger partial charge >= 0.3 is 6.18 Å². The Bertz CT molecular complexity index is 956. The fraction of sp³-hybridized carbons (Fsp3) is 0.350. The first kappa shape index (κ1) is 22.7. The van der Waals surface area contributed by atoms with Crippen LogP contribution in [0.4, 0.5) is 17.6 Å². The zero-order chi connectivity index (χ0) is 22.3. The van der Waals surface area contributed by atoms with Gasteiger partial charge in [-0.2, -0.15) is 13.2 Å². The summed E-state index contributed by atoms with van der Waals surface area (Å²) in [6.45, 7) is 2.87. The van der Waals surface area contributed by atoms with Crippen LogP contribution in [0.25, 0.3) is 0 Å². The van der Waals surface area contributed by atoms with Gasteiger partial charge in [0, 0.05) is 11.8 Å². The third-order valence-corrected chi connectivity index (χ3v) is 5.50. The molecule has 1 aromatic carbocycles. The Morgan fingerprint density at radius 1 is 1.33 bits per heavy atom. The largest absolute Gasteiger partial charge is 0.416 e. The molecule has 2 aliphatic rings. The maximum absolute atomic E-state index is 14.1. The first-order valence-electron chi connectivity index (χ1n) is 8.99. The molecule has 10 heteroatoms. The predicted octanol–water partition coefficient (Wildman–Crippen LogP) is 4.96. The normalized spacial score (nSPS) is 26.5. The van der Waals surface area contributed by atoms with E-state index in [0.717, 1.165) is 18.2 Å². The van der Waals surface area contributed by atoms with Crippen molar-refractivity contribution in [2.45, 2.75) is 43.5 Å². The van der Waals surface area contributed by atoms with Gasteiger partial charge in [0.25, 0.3) is 5.91 Å². The first-order chi connectivity index (χ1) is 13.8. The summed E-state index contributed by atoms with van der Waals surface area (Å²) in [7, 11) is 0. The van der Waals surface area contributed by atoms with Gasteiger partial charge in [-0.1, -0.05) is 23.7 Å². The number of amides is 1. The number of alkyl halides is 4. The molecule has 0 aromatic heterocycles. The van der Waals surface area contributed by atoms with Crippen LogP contribution in [-0.2, 0) is 17.5 Å². The summed E-state index contributed by atoms with van der Waals surface area (Å²) < 4.78 is 53.8. The van der Waals surface area contributed by atoms with Crippen molar-refractivity contribution in [3.05, 3.63) is 70.2 Å². The van der Waals surface area contributed by atoms with Crippen molar-refractivity contribution >= 4 is 29.1 Å². The topological polar surface area (TPSA) is 44.4 Å². The molecule has 0 saturated heterocycles. The van der Waals surface area contributed by atoms with Crippen molar-refractivity contribution in [3.8, 4) is 0 Å². The zero-order valence-corrected chi connectivity index (χ0v) is 17.6. The first-order valence-corrected chi connectivity index (χ1v) is 9.75. The van der Waals surface area contributed by atoms with E-state index in [0.29, 0.717) is 6.42 Å². The Morgan fingerprint density at radius 2 is 2.03 bits per heavy atom. The number of carbonyl (C=O) groups is 1. The summed E-state index contributed by atoms with van der Waals surface area (Å²) >= 11 is 12.6. The quantitative estimate of drug-likeness (QED) is 0.489. The second kappa shape index (κ2) is 7.90. The number of nitrogens with one attached hydrogen (secondary N) is 2. The standard InChI is InChI=1S/C20H19Cl2F4N3O/c1-18(22)8-4-6-14(21)16(18)17(30)27-19(2)9-10-29(28-19)11-12-13(20(24,25)26)5-3-7-15(12)23/h3-7,9-10,28H,8,11H2,1-2H3,(H,27,30). The van der Waals surface area contributed by atoms with Gasteiger partial charge in [0.2, 0.25) is 0 Å². The molecule has 0 radical (unpaired) electrons. The summed E-state index contributed by atoms with van der Waals surface area (Å²) in [5.41, 5.74) is 0.353. The lowest BCUT2D eigenvalue weighted by Crippen LogP contribution is -2.57. The van der Waals surface area contributed by atoms with Crippen LogP contribution >= 0.6 is 23.2 Å². The van der Waals surface area contributed by atoms with Crippen LogP contribution in [0.3, 0.4) is 0 Å². The van der Waals surface area contributed by atoms with Crippen molar-refractivity contribution in [2.24, 2.45) is 0 Å².